The van der Waals surface area contributed by atoms with Gasteiger partial charge in [0, 0.05) is 19.0 Å². The fourth-order valence-corrected chi connectivity index (χ4v) is 2.12. The second-order valence-electron chi connectivity index (χ2n) is 6.18. The Balaban J connectivity index is 2.66. The number of rotatable bonds is 4. The highest BCUT2D eigenvalue weighted by Crippen LogP contribution is 2.20. The lowest BCUT2D eigenvalue weighted by atomic mass is 9.93. The average Bonchev–Trinajstić information content (AvgIpc) is 2.29. The number of ether oxygens (including phenoxy) is 1. The molecule has 0 aliphatic carbocycles. The van der Waals surface area contributed by atoms with Gasteiger partial charge in [-0.2, -0.15) is 0 Å². The molecule has 1 rings (SSSR count). The molecule has 0 saturated carbocycles. The van der Waals surface area contributed by atoms with Crippen molar-refractivity contribution in [1.29, 1.82) is 0 Å². The summed E-state index contributed by atoms with van der Waals surface area (Å²) in [5.74, 6) is 0.100. The van der Waals surface area contributed by atoms with E-state index in [1.807, 2.05) is 20.8 Å². The van der Waals surface area contributed by atoms with Gasteiger partial charge in [-0.1, -0.05) is 23.8 Å². The van der Waals surface area contributed by atoms with Crippen LogP contribution in [-0.4, -0.2) is 24.8 Å². The predicted octanol–water partition coefficient (Wildman–Crippen LogP) is 2.87. The van der Waals surface area contributed by atoms with Crippen molar-refractivity contribution in [2.45, 2.75) is 46.1 Å². The summed E-state index contributed by atoms with van der Waals surface area (Å²) in [6.07, 6.45) is -0.402. The quantitative estimate of drug-likeness (QED) is 0.890. The summed E-state index contributed by atoms with van der Waals surface area (Å²) in [7, 11) is 0. The fraction of sp³-hybridized carbons (Fsp3) is 0.562. The molecule has 4 nitrogen and oxygen atoms in total. The van der Waals surface area contributed by atoms with E-state index in [4.69, 9.17) is 10.5 Å². The average molecular weight is 278 g/mol. The molecule has 20 heavy (non-hydrogen) atoms. The molecule has 1 aromatic rings. The Morgan fingerprint density at radius 2 is 2.00 bits per heavy atom. The lowest BCUT2D eigenvalue weighted by Gasteiger charge is -2.22. The molecule has 1 atom stereocenters. The zero-order valence-electron chi connectivity index (χ0n) is 13.1. The zero-order chi connectivity index (χ0) is 15.3. The summed E-state index contributed by atoms with van der Waals surface area (Å²) in [5, 5.41) is 2.79. The van der Waals surface area contributed by atoms with Gasteiger partial charge in [0.2, 0.25) is 0 Å². The molecular formula is C16H26N2O2. The number of carbonyl (C=O) groups excluding carboxylic acids is 1. The number of hydrogen-bond acceptors (Lipinski definition) is 3. The molecule has 4 heteroatoms. The molecular weight excluding hydrogens is 252 g/mol. The van der Waals surface area contributed by atoms with Crippen molar-refractivity contribution in [2.75, 3.05) is 13.1 Å². The van der Waals surface area contributed by atoms with Gasteiger partial charge >= 0.3 is 6.09 Å². The van der Waals surface area contributed by atoms with Gasteiger partial charge in [-0.15, -0.1) is 0 Å². The number of aryl methyl sites for hydroxylation is 2. The summed E-state index contributed by atoms with van der Waals surface area (Å²) >= 11 is 0. The Morgan fingerprint density at radius 3 is 2.50 bits per heavy atom. The predicted molar refractivity (Wildman–Crippen MR) is 81.9 cm³/mol. The third-order valence-corrected chi connectivity index (χ3v) is 3.04. The Hall–Kier alpha value is -1.55. The monoisotopic (exact) mass is 278 g/mol. The topological polar surface area (TPSA) is 64.3 Å². The van der Waals surface area contributed by atoms with Crippen LogP contribution in [0.4, 0.5) is 4.79 Å². The molecule has 1 unspecified atom stereocenters. The third kappa shape index (κ3) is 5.21. The lowest BCUT2D eigenvalue weighted by Crippen LogP contribution is -2.36. The van der Waals surface area contributed by atoms with Crippen LogP contribution in [0.25, 0.3) is 0 Å². The molecule has 1 aromatic carbocycles. The van der Waals surface area contributed by atoms with Gasteiger partial charge in [0.15, 0.2) is 0 Å². The molecule has 0 bridgehead atoms. The van der Waals surface area contributed by atoms with E-state index >= 15 is 0 Å². The van der Waals surface area contributed by atoms with Crippen molar-refractivity contribution in [1.82, 2.24) is 5.32 Å². The molecule has 0 aromatic heterocycles. The number of carbonyl (C=O) groups is 1. The minimum atomic E-state index is -0.484. The Kier molecular flexibility index (Phi) is 5.57. The molecule has 3 N–H and O–H groups in total. The van der Waals surface area contributed by atoms with Gasteiger partial charge in [-0.25, -0.2) is 4.79 Å². The fourth-order valence-electron chi connectivity index (χ4n) is 2.12. The van der Waals surface area contributed by atoms with Crippen molar-refractivity contribution >= 4 is 6.09 Å². The van der Waals surface area contributed by atoms with Crippen LogP contribution in [0.5, 0.6) is 0 Å². The van der Waals surface area contributed by atoms with Crippen LogP contribution in [0.1, 0.15) is 43.4 Å². The van der Waals surface area contributed by atoms with Crippen molar-refractivity contribution in [3.8, 4) is 0 Å². The highest BCUT2D eigenvalue weighted by Gasteiger charge is 2.18. The van der Waals surface area contributed by atoms with Crippen molar-refractivity contribution < 1.29 is 9.53 Å². The molecule has 0 spiro atoms. The molecule has 0 radical (unpaired) electrons. The van der Waals surface area contributed by atoms with E-state index < -0.39 is 11.7 Å². The van der Waals surface area contributed by atoms with Gasteiger partial charge < -0.3 is 15.8 Å². The number of amides is 1. The Morgan fingerprint density at radius 1 is 1.35 bits per heavy atom. The molecule has 1 amide bonds. The molecule has 0 heterocycles. The maximum Gasteiger partial charge on any atom is 0.407 e. The van der Waals surface area contributed by atoms with E-state index in [1.54, 1.807) is 0 Å². The number of nitrogens with one attached hydrogen (secondary N) is 1. The van der Waals surface area contributed by atoms with E-state index in [9.17, 15) is 4.79 Å². The van der Waals surface area contributed by atoms with Crippen LogP contribution in [0.2, 0.25) is 0 Å². The normalized spacial score (nSPS) is 12.9. The highest BCUT2D eigenvalue weighted by molar-refractivity contribution is 5.67. The number of alkyl carbamates (subject to hydrolysis) is 1. The Bertz CT molecular complexity index is 464. The van der Waals surface area contributed by atoms with Crippen LogP contribution in [0, 0.1) is 13.8 Å². The van der Waals surface area contributed by atoms with Gasteiger partial charge in [0.05, 0.1) is 0 Å². The summed E-state index contributed by atoms with van der Waals surface area (Å²) in [4.78, 5) is 11.7. The number of nitrogens with two attached hydrogens (primary N) is 1. The van der Waals surface area contributed by atoms with E-state index in [0.717, 1.165) is 0 Å². The minimum Gasteiger partial charge on any atom is -0.444 e. The molecule has 0 saturated heterocycles. The number of benzene rings is 1. The van der Waals surface area contributed by atoms with E-state index in [2.05, 4.69) is 37.4 Å². The molecule has 0 fully saturated rings. The molecule has 0 aliphatic heterocycles. The third-order valence-electron chi connectivity index (χ3n) is 3.04. The van der Waals surface area contributed by atoms with Crippen LogP contribution < -0.4 is 11.1 Å². The van der Waals surface area contributed by atoms with Gasteiger partial charge in [0.25, 0.3) is 0 Å². The first kappa shape index (κ1) is 16.5. The van der Waals surface area contributed by atoms with Crippen molar-refractivity contribution in [2.24, 2.45) is 5.73 Å². The second kappa shape index (κ2) is 6.75. The standard InChI is InChI=1S/C16H26N2O2/c1-11-6-7-14(12(2)8-11)13(9-17)10-18-15(19)20-16(3,4)5/h6-8,13H,9-10,17H2,1-5H3,(H,18,19). The van der Waals surface area contributed by atoms with Gasteiger partial charge in [-0.05, 0) is 45.7 Å². The first-order valence-electron chi connectivity index (χ1n) is 6.97. The maximum absolute atomic E-state index is 11.7. The van der Waals surface area contributed by atoms with Crippen molar-refractivity contribution in [3.05, 3.63) is 34.9 Å². The Labute approximate surface area is 121 Å². The molecule has 0 aliphatic rings. The van der Waals surface area contributed by atoms with Crippen LogP contribution in [0.15, 0.2) is 18.2 Å². The largest absolute Gasteiger partial charge is 0.444 e. The second-order valence-corrected chi connectivity index (χ2v) is 6.18. The smallest absolute Gasteiger partial charge is 0.407 e. The van der Waals surface area contributed by atoms with Gasteiger partial charge in [-0.3, -0.25) is 0 Å². The molecule has 112 valence electrons. The lowest BCUT2D eigenvalue weighted by molar-refractivity contribution is 0.0525. The summed E-state index contributed by atoms with van der Waals surface area (Å²) in [6, 6.07) is 6.28. The summed E-state index contributed by atoms with van der Waals surface area (Å²) in [6.45, 7) is 10.6. The summed E-state index contributed by atoms with van der Waals surface area (Å²) in [5.41, 5.74) is 8.95. The maximum atomic E-state index is 11.7. The van der Waals surface area contributed by atoms with Crippen LogP contribution in [-0.2, 0) is 4.74 Å². The van der Waals surface area contributed by atoms with E-state index in [1.165, 1.54) is 16.7 Å². The minimum absolute atomic E-state index is 0.100. The van der Waals surface area contributed by atoms with E-state index in [-0.39, 0.29) is 5.92 Å². The number of hydrogen-bond donors (Lipinski definition) is 2. The first-order valence-corrected chi connectivity index (χ1v) is 6.97. The van der Waals surface area contributed by atoms with Crippen molar-refractivity contribution in [3.63, 3.8) is 0 Å². The first-order chi connectivity index (χ1) is 9.23. The van der Waals surface area contributed by atoms with Crippen LogP contribution in [0.3, 0.4) is 0 Å². The zero-order valence-corrected chi connectivity index (χ0v) is 13.1. The summed E-state index contributed by atoms with van der Waals surface area (Å²) < 4.78 is 5.23. The van der Waals surface area contributed by atoms with E-state index in [0.29, 0.717) is 13.1 Å². The van der Waals surface area contributed by atoms with Gasteiger partial charge in [0.1, 0.15) is 5.60 Å². The van der Waals surface area contributed by atoms with Crippen LogP contribution >= 0.6 is 0 Å². The highest BCUT2D eigenvalue weighted by atomic mass is 16.6. The SMILES string of the molecule is Cc1ccc(C(CN)CNC(=O)OC(C)(C)C)c(C)c1.